The molecule has 3 saturated heterocycles. The molecule has 9 heteroatoms. The molecule has 4 rings (SSSR count). The van der Waals surface area contributed by atoms with E-state index in [9.17, 15) is 17.2 Å². The maximum absolute atomic E-state index is 13.6. The quantitative estimate of drug-likeness (QED) is 0.750. The Hall–Kier alpha value is -1.29. The minimum atomic E-state index is -3.77. The average molecular weight is 431 g/mol. The second kappa shape index (κ2) is 8.09. The van der Waals surface area contributed by atoms with Crippen LogP contribution in [0, 0.1) is 5.92 Å². The Labute approximate surface area is 170 Å². The topological polar surface area (TPSA) is 81.9 Å². The molecule has 0 aromatic heterocycles. The first kappa shape index (κ1) is 21.0. The number of benzene rings is 1. The van der Waals surface area contributed by atoms with Crippen LogP contribution in [0.5, 0.6) is 5.75 Å². The largest absolute Gasteiger partial charge is 0.435 e. The number of alkyl halides is 2. The number of hydrogen-bond acceptors (Lipinski definition) is 5. The maximum Gasteiger partial charge on any atom is 0.387 e. The van der Waals surface area contributed by atoms with Gasteiger partial charge in [0.25, 0.3) is 0 Å². The van der Waals surface area contributed by atoms with Crippen LogP contribution in [-0.2, 0) is 14.8 Å². The van der Waals surface area contributed by atoms with E-state index in [0.717, 1.165) is 32.1 Å². The van der Waals surface area contributed by atoms with Gasteiger partial charge in [-0.2, -0.15) is 13.1 Å². The van der Waals surface area contributed by atoms with Crippen LogP contribution < -0.4 is 10.5 Å². The molecule has 3 fully saturated rings. The summed E-state index contributed by atoms with van der Waals surface area (Å²) >= 11 is 0. The summed E-state index contributed by atoms with van der Waals surface area (Å²) in [4.78, 5) is 0.109. The standard InChI is InChI=1S/C20H28F2N2O4S/c21-19(22)28-17-1-3-18(4-2-17)29(25,26)24-16-5-8-20(24,13-15(23)11-16)12-14-6-9-27-10-7-14/h1-4,14-16,19H,5-13,23H2. The zero-order chi connectivity index (χ0) is 20.6. The summed E-state index contributed by atoms with van der Waals surface area (Å²) < 4.78 is 63.5. The van der Waals surface area contributed by atoms with Crippen LogP contribution in [0.25, 0.3) is 0 Å². The van der Waals surface area contributed by atoms with Gasteiger partial charge in [0, 0.05) is 30.8 Å². The van der Waals surface area contributed by atoms with Gasteiger partial charge in [-0.3, -0.25) is 0 Å². The monoisotopic (exact) mass is 430 g/mol. The fourth-order valence-electron chi connectivity index (χ4n) is 5.50. The van der Waals surface area contributed by atoms with Crippen LogP contribution in [0.4, 0.5) is 8.78 Å². The van der Waals surface area contributed by atoms with Crippen LogP contribution in [0.1, 0.15) is 44.9 Å². The average Bonchev–Trinajstić information content (AvgIpc) is 2.91. The first-order valence-electron chi connectivity index (χ1n) is 10.2. The fraction of sp³-hybridized carbons (Fsp3) is 0.700. The number of sulfonamides is 1. The van der Waals surface area contributed by atoms with Gasteiger partial charge in [0.2, 0.25) is 10.0 Å². The molecule has 29 heavy (non-hydrogen) atoms. The Morgan fingerprint density at radius 1 is 1.21 bits per heavy atom. The molecule has 0 radical (unpaired) electrons. The highest BCUT2D eigenvalue weighted by Crippen LogP contribution is 2.50. The Balaban J connectivity index is 1.63. The van der Waals surface area contributed by atoms with Gasteiger partial charge in [0.05, 0.1) is 4.90 Å². The predicted octanol–water partition coefficient (Wildman–Crippen LogP) is 3.12. The van der Waals surface area contributed by atoms with Gasteiger partial charge in [-0.1, -0.05) is 0 Å². The van der Waals surface area contributed by atoms with Gasteiger partial charge in [0.1, 0.15) is 5.75 Å². The van der Waals surface area contributed by atoms with E-state index in [-0.39, 0.29) is 22.7 Å². The molecule has 0 saturated carbocycles. The van der Waals surface area contributed by atoms with Crippen molar-refractivity contribution in [1.82, 2.24) is 4.31 Å². The lowest BCUT2D eigenvalue weighted by Crippen LogP contribution is -2.58. The zero-order valence-electron chi connectivity index (χ0n) is 16.3. The van der Waals surface area contributed by atoms with Crippen molar-refractivity contribution in [2.24, 2.45) is 11.7 Å². The molecule has 1 aromatic carbocycles. The van der Waals surface area contributed by atoms with Crippen molar-refractivity contribution in [2.45, 2.75) is 74.1 Å². The van der Waals surface area contributed by atoms with Crippen molar-refractivity contribution in [3.8, 4) is 5.75 Å². The lowest BCUT2D eigenvalue weighted by Gasteiger charge is -2.47. The van der Waals surface area contributed by atoms with Gasteiger partial charge in [-0.25, -0.2) is 8.42 Å². The van der Waals surface area contributed by atoms with Crippen LogP contribution >= 0.6 is 0 Å². The number of halogens is 2. The van der Waals surface area contributed by atoms with E-state index < -0.39 is 22.2 Å². The number of nitrogens with two attached hydrogens (primary N) is 1. The van der Waals surface area contributed by atoms with Crippen molar-refractivity contribution in [2.75, 3.05) is 13.2 Å². The number of rotatable bonds is 6. The summed E-state index contributed by atoms with van der Waals surface area (Å²) in [6.07, 6.45) is 5.61. The van der Waals surface area contributed by atoms with E-state index in [1.165, 1.54) is 24.3 Å². The molecular weight excluding hydrogens is 402 g/mol. The van der Waals surface area contributed by atoms with Crippen molar-refractivity contribution in [1.29, 1.82) is 0 Å². The molecule has 3 heterocycles. The van der Waals surface area contributed by atoms with Crippen LogP contribution in [0.15, 0.2) is 29.2 Å². The Morgan fingerprint density at radius 3 is 2.55 bits per heavy atom. The third kappa shape index (κ3) is 4.15. The molecule has 3 aliphatic heterocycles. The molecule has 3 aliphatic rings. The van der Waals surface area contributed by atoms with E-state index in [0.29, 0.717) is 32.0 Å². The normalized spacial score (nSPS) is 31.3. The number of hydrogen-bond donors (Lipinski definition) is 1. The van der Waals surface area contributed by atoms with Crippen LogP contribution in [0.3, 0.4) is 0 Å². The number of fused-ring (bicyclic) bond motifs is 2. The summed E-state index contributed by atoms with van der Waals surface area (Å²) in [7, 11) is -3.77. The fourth-order valence-corrected chi connectivity index (χ4v) is 7.54. The number of nitrogens with zero attached hydrogens (tertiary/aromatic N) is 1. The van der Waals surface area contributed by atoms with Crippen molar-refractivity contribution < 1.29 is 26.7 Å². The molecular formula is C20H28F2N2O4S. The smallest absolute Gasteiger partial charge is 0.387 e. The summed E-state index contributed by atoms with van der Waals surface area (Å²) in [5.41, 5.74) is 5.85. The first-order chi connectivity index (χ1) is 13.8. The minimum Gasteiger partial charge on any atom is -0.435 e. The Kier molecular flexibility index (Phi) is 5.85. The summed E-state index contributed by atoms with van der Waals surface area (Å²) in [5.74, 6) is 0.367. The Morgan fingerprint density at radius 2 is 1.90 bits per heavy atom. The molecule has 1 aromatic rings. The zero-order valence-corrected chi connectivity index (χ0v) is 17.1. The molecule has 0 amide bonds. The summed E-state index contributed by atoms with van der Waals surface area (Å²) in [6.45, 7) is -1.51. The van der Waals surface area contributed by atoms with E-state index in [4.69, 9.17) is 10.5 Å². The van der Waals surface area contributed by atoms with E-state index in [2.05, 4.69) is 4.74 Å². The van der Waals surface area contributed by atoms with Gasteiger partial charge < -0.3 is 15.2 Å². The van der Waals surface area contributed by atoms with Crippen LogP contribution in [0.2, 0.25) is 0 Å². The SMILES string of the molecule is NC1CC2CCC(CC3CCOCC3)(C1)N2S(=O)(=O)c1ccc(OC(F)F)cc1. The van der Waals surface area contributed by atoms with E-state index in [1.807, 2.05) is 0 Å². The van der Waals surface area contributed by atoms with Crippen molar-refractivity contribution in [3.63, 3.8) is 0 Å². The number of ether oxygens (including phenoxy) is 2. The highest BCUT2D eigenvalue weighted by molar-refractivity contribution is 7.89. The minimum absolute atomic E-state index is 0.00407. The maximum atomic E-state index is 13.6. The molecule has 3 atom stereocenters. The van der Waals surface area contributed by atoms with E-state index in [1.54, 1.807) is 4.31 Å². The second-order valence-electron chi connectivity index (χ2n) is 8.53. The third-order valence-electron chi connectivity index (χ3n) is 6.57. The van der Waals surface area contributed by atoms with Gasteiger partial charge in [-0.05, 0) is 75.1 Å². The van der Waals surface area contributed by atoms with Crippen LogP contribution in [-0.4, -0.2) is 50.2 Å². The van der Waals surface area contributed by atoms with Gasteiger partial charge in [-0.15, -0.1) is 0 Å². The molecule has 6 nitrogen and oxygen atoms in total. The lowest BCUT2D eigenvalue weighted by atomic mass is 9.78. The molecule has 2 bridgehead atoms. The van der Waals surface area contributed by atoms with Crippen molar-refractivity contribution in [3.05, 3.63) is 24.3 Å². The highest BCUT2D eigenvalue weighted by Gasteiger charge is 2.56. The first-order valence-corrected chi connectivity index (χ1v) is 11.7. The molecule has 2 N–H and O–H groups in total. The second-order valence-corrected chi connectivity index (χ2v) is 10.3. The van der Waals surface area contributed by atoms with Crippen molar-refractivity contribution >= 4 is 10.0 Å². The Bertz CT molecular complexity index is 814. The van der Waals surface area contributed by atoms with E-state index >= 15 is 0 Å². The summed E-state index contributed by atoms with van der Waals surface area (Å²) in [6, 6.07) is 5.15. The van der Waals surface area contributed by atoms with Gasteiger partial charge >= 0.3 is 6.61 Å². The third-order valence-corrected chi connectivity index (χ3v) is 8.65. The molecule has 0 aliphatic carbocycles. The lowest BCUT2D eigenvalue weighted by molar-refractivity contribution is -0.0498. The molecule has 0 spiro atoms. The van der Waals surface area contributed by atoms with Gasteiger partial charge in [0.15, 0.2) is 0 Å². The molecule has 3 unspecified atom stereocenters. The summed E-state index contributed by atoms with van der Waals surface area (Å²) in [5, 5.41) is 0. The highest BCUT2D eigenvalue weighted by atomic mass is 32.2. The number of piperidine rings is 1. The molecule has 162 valence electrons. The predicted molar refractivity (Wildman–Crippen MR) is 103 cm³/mol.